The van der Waals surface area contributed by atoms with Crippen molar-refractivity contribution >= 4 is 27.0 Å². The lowest BCUT2D eigenvalue weighted by molar-refractivity contribution is 0.00716. The van der Waals surface area contributed by atoms with Gasteiger partial charge in [0.25, 0.3) is 0 Å². The quantitative estimate of drug-likeness (QED) is 0.790. The van der Waals surface area contributed by atoms with Gasteiger partial charge in [-0.15, -0.1) is 0 Å². The van der Waals surface area contributed by atoms with Crippen LogP contribution in [0.25, 0.3) is 11.0 Å². The first-order valence-electron chi connectivity index (χ1n) is 5.99. The Labute approximate surface area is 117 Å². The smallest absolute Gasteiger partial charge is 0.342 e. The highest BCUT2D eigenvalue weighted by molar-refractivity contribution is 7.89. The molecule has 2 heterocycles. The number of aromatic nitrogens is 2. The zero-order chi connectivity index (χ0) is 15.1. The Kier molecular flexibility index (Phi) is 3.33. The van der Waals surface area contributed by atoms with Gasteiger partial charge in [-0.2, -0.15) is 0 Å². The van der Waals surface area contributed by atoms with Gasteiger partial charge < -0.3 is 4.74 Å². The fourth-order valence-electron chi connectivity index (χ4n) is 1.79. The summed E-state index contributed by atoms with van der Waals surface area (Å²) < 4.78 is 29.8. The summed E-state index contributed by atoms with van der Waals surface area (Å²) in [5, 5.41) is 0. The van der Waals surface area contributed by atoms with Crippen molar-refractivity contribution in [1.29, 1.82) is 0 Å². The van der Waals surface area contributed by atoms with Crippen molar-refractivity contribution in [3.8, 4) is 0 Å². The Bertz CT molecular complexity index is 769. The predicted molar refractivity (Wildman–Crippen MR) is 75.1 cm³/mol. The molecule has 7 heteroatoms. The van der Waals surface area contributed by atoms with Gasteiger partial charge in [0.2, 0.25) is 10.0 Å². The molecule has 0 N–H and O–H groups in total. The number of esters is 1. The van der Waals surface area contributed by atoms with Gasteiger partial charge in [0.15, 0.2) is 0 Å². The molecule has 0 spiro atoms. The second-order valence-electron chi connectivity index (χ2n) is 5.47. The topological polar surface area (TPSA) is 78.3 Å². The Morgan fingerprint density at radius 3 is 2.55 bits per heavy atom. The van der Waals surface area contributed by atoms with Crippen molar-refractivity contribution in [1.82, 2.24) is 8.96 Å². The first-order chi connectivity index (χ1) is 9.09. The molecule has 0 amide bonds. The average Bonchev–Trinajstić information content (AvgIpc) is 2.65. The van der Waals surface area contributed by atoms with Crippen LogP contribution in [0, 0.1) is 0 Å². The lowest BCUT2D eigenvalue weighted by Crippen LogP contribution is -2.23. The van der Waals surface area contributed by atoms with Gasteiger partial charge in [-0.25, -0.2) is 17.2 Å². The Morgan fingerprint density at radius 1 is 1.35 bits per heavy atom. The number of ether oxygens (including phenoxy) is 1. The normalized spacial score (nSPS) is 12.6. The summed E-state index contributed by atoms with van der Waals surface area (Å²) in [5.41, 5.74) is 0.148. The molecule has 0 saturated heterocycles. The average molecular weight is 296 g/mol. The standard InChI is InChI=1S/C13H16N2O4S/c1-13(2,3)19-12(16)9-8-15(20(4,17)18)10-6-5-7-14-11(9)10/h5-8H,1-4H3. The van der Waals surface area contributed by atoms with Crippen molar-refractivity contribution in [2.24, 2.45) is 0 Å². The van der Waals surface area contributed by atoms with Crippen LogP contribution in [-0.4, -0.2) is 35.2 Å². The Hall–Kier alpha value is -1.89. The molecule has 0 fully saturated rings. The van der Waals surface area contributed by atoms with Crippen LogP contribution in [0.5, 0.6) is 0 Å². The first kappa shape index (κ1) is 14.5. The molecule has 108 valence electrons. The van der Waals surface area contributed by atoms with Crippen LogP contribution in [-0.2, 0) is 14.8 Å². The van der Waals surface area contributed by atoms with Crippen LogP contribution in [0.3, 0.4) is 0 Å². The molecule has 0 radical (unpaired) electrons. The molecule has 6 nitrogen and oxygen atoms in total. The van der Waals surface area contributed by atoms with Crippen LogP contribution < -0.4 is 0 Å². The van der Waals surface area contributed by atoms with Crippen molar-refractivity contribution in [2.75, 3.05) is 6.26 Å². The maximum atomic E-state index is 12.1. The van der Waals surface area contributed by atoms with Crippen LogP contribution in [0.15, 0.2) is 24.5 Å². The Balaban J connectivity index is 2.64. The zero-order valence-electron chi connectivity index (χ0n) is 11.7. The number of fused-ring (bicyclic) bond motifs is 1. The van der Waals surface area contributed by atoms with E-state index in [2.05, 4.69) is 4.98 Å². The van der Waals surface area contributed by atoms with E-state index in [1.54, 1.807) is 32.9 Å². The Morgan fingerprint density at radius 2 is 2.00 bits per heavy atom. The lowest BCUT2D eigenvalue weighted by atomic mass is 10.2. The van der Waals surface area contributed by atoms with E-state index in [0.717, 1.165) is 10.2 Å². The number of carbonyl (C=O) groups excluding carboxylic acids is 1. The molecule has 0 aromatic carbocycles. The maximum absolute atomic E-state index is 12.1. The van der Waals surface area contributed by atoms with Crippen LogP contribution in [0.1, 0.15) is 31.1 Å². The van der Waals surface area contributed by atoms with E-state index in [0.29, 0.717) is 11.0 Å². The van der Waals surface area contributed by atoms with E-state index in [1.165, 1.54) is 12.4 Å². The monoisotopic (exact) mass is 296 g/mol. The summed E-state index contributed by atoms with van der Waals surface area (Å²) in [7, 11) is -3.52. The highest BCUT2D eigenvalue weighted by atomic mass is 32.2. The molecule has 20 heavy (non-hydrogen) atoms. The van der Waals surface area contributed by atoms with E-state index < -0.39 is 21.6 Å². The van der Waals surface area contributed by atoms with Gasteiger partial charge >= 0.3 is 5.97 Å². The molecular formula is C13H16N2O4S. The number of hydrogen-bond acceptors (Lipinski definition) is 5. The number of nitrogens with zero attached hydrogens (tertiary/aromatic N) is 2. The molecule has 0 atom stereocenters. The van der Waals surface area contributed by atoms with Gasteiger partial charge in [0.1, 0.15) is 16.7 Å². The summed E-state index contributed by atoms with van der Waals surface area (Å²) in [6.07, 6.45) is 3.82. The van der Waals surface area contributed by atoms with Crippen molar-refractivity contribution in [3.05, 3.63) is 30.1 Å². The van der Waals surface area contributed by atoms with Crippen LogP contribution in [0.4, 0.5) is 0 Å². The van der Waals surface area contributed by atoms with Crippen molar-refractivity contribution in [3.63, 3.8) is 0 Å². The predicted octanol–water partition coefficient (Wildman–Crippen LogP) is 1.80. The summed E-state index contributed by atoms with van der Waals surface area (Å²) in [4.78, 5) is 16.2. The molecule has 0 aliphatic rings. The third-order valence-electron chi connectivity index (χ3n) is 2.50. The lowest BCUT2D eigenvalue weighted by Gasteiger charge is -2.18. The number of pyridine rings is 1. The van der Waals surface area contributed by atoms with Crippen LogP contribution in [0.2, 0.25) is 0 Å². The second-order valence-corrected chi connectivity index (χ2v) is 7.33. The summed E-state index contributed by atoms with van der Waals surface area (Å²) >= 11 is 0. The fraction of sp³-hybridized carbons (Fsp3) is 0.385. The molecule has 2 rings (SSSR count). The number of hydrogen-bond donors (Lipinski definition) is 0. The molecule has 2 aromatic rings. The van der Waals surface area contributed by atoms with Crippen molar-refractivity contribution in [2.45, 2.75) is 26.4 Å². The first-order valence-corrected chi connectivity index (χ1v) is 7.84. The van der Waals surface area contributed by atoms with E-state index in [1.807, 2.05) is 0 Å². The zero-order valence-corrected chi connectivity index (χ0v) is 12.6. The fourth-order valence-corrected chi connectivity index (χ4v) is 2.59. The summed E-state index contributed by atoms with van der Waals surface area (Å²) in [6, 6.07) is 3.21. The van der Waals surface area contributed by atoms with Crippen molar-refractivity contribution < 1.29 is 17.9 Å². The van der Waals surface area contributed by atoms with Gasteiger partial charge in [-0.05, 0) is 32.9 Å². The molecule has 0 bridgehead atoms. The minimum atomic E-state index is -3.52. The molecule has 2 aromatic heterocycles. The highest BCUT2D eigenvalue weighted by Crippen LogP contribution is 2.23. The SMILES string of the molecule is CC(C)(C)OC(=O)c1cn(S(C)(=O)=O)c2cccnc12. The van der Waals surface area contributed by atoms with E-state index >= 15 is 0 Å². The van der Waals surface area contributed by atoms with E-state index in [4.69, 9.17) is 4.74 Å². The van der Waals surface area contributed by atoms with Gasteiger partial charge in [-0.1, -0.05) is 0 Å². The van der Waals surface area contributed by atoms with Crippen LogP contribution >= 0.6 is 0 Å². The third-order valence-corrected chi connectivity index (χ3v) is 3.52. The summed E-state index contributed by atoms with van der Waals surface area (Å²) in [5.74, 6) is -0.594. The molecule has 0 aliphatic heterocycles. The van der Waals surface area contributed by atoms with Gasteiger partial charge in [0, 0.05) is 12.4 Å². The highest BCUT2D eigenvalue weighted by Gasteiger charge is 2.24. The minimum Gasteiger partial charge on any atom is -0.456 e. The van der Waals surface area contributed by atoms with Gasteiger partial charge in [0.05, 0.1) is 11.8 Å². The molecular weight excluding hydrogens is 280 g/mol. The third kappa shape index (κ3) is 2.82. The molecule has 0 saturated carbocycles. The van der Waals surface area contributed by atoms with E-state index in [9.17, 15) is 13.2 Å². The largest absolute Gasteiger partial charge is 0.456 e. The number of carbonyl (C=O) groups is 1. The van der Waals surface area contributed by atoms with Gasteiger partial charge in [-0.3, -0.25) is 4.98 Å². The second kappa shape index (κ2) is 4.59. The maximum Gasteiger partial charge on any atom is 0.342 e. The molecule has 0 aliphatic carbocycles. The summed E-state index contributed by atoms with van der Waals surface area (Å²) in [6.45, 7) is 5.23. The number of rotatable bonds is 2. The molecule has 0 unspecified atom stereocenters. The van der Waals surface area contributed by atoms with E-state index in [-0.39, 0.29) is 5.56 Å². The minimum absolute atomic E-state index is 0.140.